The number of nitrogens with zero attached hydrogens (tertiary/aromatic N) is 1. The smallest absolute Gasteiger partial charge is 0.252 e. The van der Waals surface area contributed by atoms with E-state index in [9.17, 15) is 13.2 Å². The maximum atomic E-state index is 13.5. The molecule has 0 spiro atoms. The van der Waals surface area contributed by atoms with Crippen LogP contribution in [0.4, 0.5) is 0 Å². The Morgan fingerprint density at radius 2 is 1.67 bits per heavy atom. The maximum absolute atomic E-state index is 13.5. The molecule has 0 radical (unpaired) electrons. The Morgan fingerprint density at radius 3 is 2.33 bits per heavy atom. The monoisotopic (exact) mass is 586 g/mol. The highest BCUT2D eigenvalue weighted by atomic mass is 79.9. The van der Waals surface area contributed by atoms with Gasteiger partial charge >= 0.3 is 0 Å². The van der Waals surface area contributed by atoms with E-state index in [0.717, 1.165) is 21.4 Å². The normalized spacial score (nSPS) is 18.6. The van der Waals surface area contributed by atoms with E-state index in [-0.39, 0.29) is 10.8 Å². The zero-order chi connectivity index (χ0) is 25.7. The molecule has 0 bridgehead atoms. The fraction of sp³-hybridized carbons (Fsp3) is 0.321. The molecule has 2 atom stereocenters. The van der Waals surface area contributed by atoms with Crippen LogP contribution in [0, 0.1) is 11.8 Å². The number of rotatable bonds is 8. The van der Waals surface area contributed by atoms with Crippen LogP contribution in [0.25, 0.3) is 0 Å². The number of benzene rings is 3. The van der Waals surface area contributed by atoms with E-state index in [4.69, 9.17) is 0 Å². The van der Waals surface area contributed by atoms with E-state index in [1.807, 2.05) is 54.6 Å². The van der Waals surface area contributed by atoms with E-state index >= 15 is 0 Å². The predicted molar refractivity (Wildman–Crippen MR) is 149 cm³/mol. The van der Waals surface area contributed by atoms with E-state index in [1.165, 1.54) is 17.8 Å². The Hall–Kier alpha value is -2.13. The van der Waals surface area contributed by atoms with Gasteiger partial charge in [0.2, 0.25) is 10.0 Å². The average molecular weight is 588 g/mol. The lowest BCUT2D eigenvalue weighted by molar-refractivity contribution is 0.0951. The molecule has 1 N–H and O–H groups in total. The standard InChI is InChI=1S/C28H31BrN2O3S2/c1-20-16-21(2)19-31(18-20)36(33,34)25-12-13-27(35-24-10-8-23(29)9-11-24)26(17-25)28(32)30-15-14-22-6-4-3-5-7-22/h3-13,17,20-21H,14-16,18-19H2,1-2H3,(H,30,32)/t20-,21-/m0/s1. The molecule has 1 saturated heterocycles. The van der Waals surface area contributed by atoms with E-state index in [2.05, 4.69) is 35.1 Å². The summed E-state index contributed by atoms with van der Waals surface area (Å²) >= 11 is 4.90. The maximum Gasteiger partial charge on any atom is 0.252 e. The Bertz CT molecular complexity index is 1290. The van der Waals surface area contributed by atoms with Crippen molar-refractivity contribution in [3.05, 3.63) is 88.4 Å². The highest BCUT2D eigenvalue weighted by Gasteiger charge is 2.32. The largest absolute Gasteiger partial charge is 0.352 e. The Morgan fingerprint density at radius 1 is 1.00 bits per heavy atom. The van der Waals surface area contributed by atoms with Gasteiger partial charge in [-0.05, 0) is 72.7 Å². The second-order valence-corrected chi connectivity index (χ2v) is 13.4. The van der Waals surface area contributed by atoms with Crippen LogP contribution in [0.2, 0.25) is 0 Å². The Balaban J connectivity index is 1.61. The average Bonchev–Trinajstić information content (AvgIpc) is 2.85. The third-order valence-electron chi connectivity index (χ3n) is 6.25. The first-order valence-corrected chi connectivity index (χ1v) is 15.2. The lowest BCUT2D eigenvalue weighted by atomic mass is 9.94. The van der Waals surface area contributed by atoms with Crippen molar-refractivity contribution in [1.82, 2.24) is 9.62 Å². The predicted octanol–water partition coefficient (Wildman–Crippen LogP) is 6.24. The van der Waals surface area contributed by atoms with Gasteiger partial charge in [0.15, 0.2) is 0 Å². The molecule has 1 heterocycles. The van der Waals surface area contributed by atoms with Gasteiger partial charge in [-0.1, -0.05) is 71.9 Å². The minimum atomic E-state index is -3.70. The summed E-state index contributed by atoms with van der Waals surface area (Å²) in [6.07, 6.45) is 1.72. The molecule has 1 amide bonds. The molecule has 1 aliphatic heterocycles. The molecular formula is C28H31BrN2O3S2. The van der Waals surface area contributed by atoms with Gasteiger partial charge in [-0.3, -0.25) is 4.79 Å². The summed E-state index contributed by atoms with van der Waals surface area (Å²) in [6, 6.07) is 22.7. The highest BCUT2D eigenvalue weighted by molar-refractivity contribution is 9.10. The quantitative estimate of drug-likeness (QED) is 0.339. The summed E-state index contributed by atoms with van der Waals surface area (Å²) in [6.45, 7) is 5.63. The molecule has 190 valence electrons. The minimum Gasteiger partial charge on any atom is -0.352 e. The van der Waals surface area contributed by atoms with Crippen molar-refractivity contribution in [2.45, 2.75) is 41.4 Å². The molecule has 1 fully saturated rings. The lowest BCUT2D eigenvalue weighted by Gasteiger charge is -2.34. The third-order valence-corrected chi connectivity index (χ3v) is 9.69. The number of sulfonamides is 1. The topological polar surface area (TPSA) is 66.5 Å². The molecule has 0 aliphatic carbocycles. The van der Waals surface area contributed by atoms with Crippen molar-refractivity contribution in [2.75, 3.05) is 19.6 Å². The van der Waals surface area contributed by atoms with E-state index in [1.54, 1.807) is 16.4 Å². The number of carbonyl (C=O) groups is 1. The molecule has 8 heteroatoms. The second-order valence-electron chi connectivity index (χ2n) is 9.47. The molecule has 0 unspecified atom stereocenters. The van der Waals surface area contributed by atoms with Crippen LogP contribution in [0.1, 0.15) is 36.2 Å². The summed E-state index contributed by atoms with van der Waals surface area (Å²) in [5, 5.41) is 2.99. The number of nitrogens with one attached hydrogen (secondary N) is 1. The van der Waals surface area contributed by atoms with Crippen molar-refractivity contribution in [1.29, 1.82) is 0 Å². The molecule has 3 aromatic rings. The van der Waals surface area contributed by atoms with E-state index in [0.29, 0.717) is 48.3 Å². The van der Waals surface area contributed by atoms with Gasteiger partial charge in [-0.15, -0.1) is 0 Å². The van der Waals surface area contributed by atoms with Gasteiger partial charge < -0.3 is 5.32 Å². The van der Waals surface area contributed by atoms with Crippen LogP contribution in [0.3, 0.4) is 0 Å². The molecule has 0 saturated carbocycles. The van der Waals surface area contributed by atoms with Gasteiger partial charge in [0, 0.05) is 33.9 Å². The van der Waals surface area contributed by atoms with Gasteiger partial charge in [-0.2, -0.15) is 4.31 Å². The van der Waals surface area contributed by atoms with E-state index < -0.39 is 10.0 Å². The molecule has 0 aromatic heterocycles. The van der Waals surface area contributed by atoms with Crippen LogP contribution in [0.15, 0.2) is 92.0 Å². The lowest BCUT2D eigenvalue weighted by Crippen LogP contribution is -2.42. The zero-order valence-electron chi connectivity index (χ0n) is 20.5. The van der Waals surface area contributed by atoms with Crippen molar-refractivity contribution >= 4 is 43.6 Å². The Labute approximate surface area is 226 Å². The number of hydrogen-bond acceptors (Lipinski definition) is 4. The molecule has 1 aliphatic rings. The molecule has 5 nitrogen and oxygen atoms in total. The number of amides is 1. The number of halogens is 1. The van der Waals surface area contributed by atoms with Crippen LogP contribution in [-0.4, -0.2) is 38.3 Å². The van der Waals surface area contributed by atoms with Crippen LogP contribution < -0.4 is 5.32 Å². The van der Waals surface area contributed by atoms with Crippen molar-refractivity contribution in [2.24, 2.45) is 11.8 Å². The summed E-state index contributed by atoms with van der Waals surface area (Å²) in [5.41, 5.74) is 1.50. The second kappa shape index (κ2) is 11.9. The van der Waals surface area contributed by atoms with Crippen molar-refractivity contribution in [3.63, 3.8) is 0 Å². The number of carbonyl (C=O) groups excluding carboxylic acids is 1. The summed E-state index contributed by atoms with van der Waals surface area (Å²) in [7, 11) is -3.70. The van der Waals surface area contributed by atoms with Crippen molar-refractivity contribution < 1.29 is 13.2 Å². The summed E-state index contributed by atoms with van der Waals surface area (Å²) in [4.78, 5) is 15.2. The summed E-state index contributed by atoms with van der Waals surface area (Å²) < 4.78 is 29.6. The van der Waals surface area contributed by atoms with Crippen molar-refractivity contribution in [3.8, 4) is 0 Å². The Kier molecular flexibility index (Phi) is 8.93. The first-order valence-electron chi connectivity index (χ1n) is 12.1. The fourth-order valence-corrected chi connectivity index (χ4v) is 7.47. The SMILES string of the molecule is C[C@H]1C[C@H](C)CN(S(=O)(=O)c2ccc(Sc3ccc(Br)cc3)c(C(=O)NCCc3ccccc3)c2)C1. The number of hydrogen-bond donors (Lipinski definition) is 1. The van der Waals surface area contributed by atoms with Crippen LogP contribution >= 0.6 is 27.7 Å². The molecule has 3 aromatic carbocycles. The molecule has 4 rings (SSSR count). The molecule has 36 heavy (non-hydrogen) atoms. The zero-order valence-corrected chi connectivity index (χ0v) is 23.7. The van der Waals surface area contributed by atoms with Gasteiger partial charge in [0.1, 0.15) is 0 Å². The number of piperidine rings is 1. The van der Waals surface area contributed by atoms with Gasteiger partial charge in [0.25, 0.3) is 5.91 Å². The summed E-state index contributed by atoms with van der Waals surface area (Å²) in [5.74, 6) is 0.330. The highest BCUT2D eigenvalue weighted by Crippen LogP contribution is 2.34. The fourth-order valence-electron chi connectivity index (χ4n) is 4.58. The van der Waals surface area contributed by atoms with Gasteiger partial charge in [0.05, 0.1) is 10.5 Å². The first kappa shape index (κ1) is 26.9. The van der Waals surface area contributed by atoms with Crippen LogP contribution in [-0.2, 0) is 16.4 Å². The van der Waals surface area contributed by atoms with Gasteiger partial charge in [-0.25, -0.2) is 8.42 Å². The van der Waals surface area contributed by atoms with Crippen LogP contribution in [0.5, 0.6) is 0 Å². The first-order chi connectivity index (χ1) is 17.2. The minimum absolute atomic E-state index is 0.164. The molecular weight excluding hydrogens is 556 g/mol. The third kappa shape index (κ3) is 6.79.